The van der Waals surface area contributed by atoms with E-state index in [4.69, 9.17) is 4.74 Å². The van der Waals surface area contributed by atoms with Gasteiger partial charge in [-0.1, -0.05) is 19.4 Å². The fraction of sp³-hybridized carbons (Fsp3) is 0.208. The Morgan fingerprint density at radius 2 is 2.03 bits per heavy atom. The van der Waals surface area contributed by atoms with E-state index in [-0.39, 0.29) is 11.7 Å². The van der Waals surface area contributed by atoms with E-state index in [9.17, 15) is 9.90 Å². The lowest BCUT2D eigenvalue weighted by Gasteiger charge is -2.09. The van der Waals surface area contributed by atoms with Crippen LogP contribution in [0.4, 0.5) is 0 Å². The standard InChI is InChI=1S/C24H24N4O3/c1-3-4-11-25-23(30)16-7-9-19-20(14-16)28-22(27-19)18-13-15(8-10-21(18)29)17-6-5-12-26-24(17)31-2/h5-10,12-14,29H,3-4,11H2,1-2H3,(H,25,30)(H,27,28). The van der Waals surface area contributed by atoms with Crippen molar-refractivity contribution in [3.05, 3.63) is 60.3 Å². The minimum absolute atomic E-state index is 0.100. The van der Waals surface area contributed by atoms with Crippen LogP contribution in [0.15, 0.2) is 54.7 Å². The summed E-state index contributed by atoms with van der Waals surface area (Å²) < 4.78 is 5.36. The fourth-order valence-electron chi connectivity index (χ4n) is 3.43. The second kappa shape index (κ2) is 8.87. The number of benzene rings is 2. The summed E-state index contributed by atoms with van der Waals surface area (Å²) in [6.07, 6.45) is 3.63. The van der Waals surface area contributed by atoms with Crippen LogP contribution in [0, 0.1) is 0 Å². The number of imidazole rings is 1. The van der Waals surface area contributed by atoms with Crippen molar-refractivity contribution in [3.8, 4) is 34.1 Å². The summed E-state index contributed by atoms with van der Waals surface area (Å²) in [6.45, 7) is 2.74. The van der Waals surface area contributed by atoms with Crippen molar-refractivity contribution in [1.29, 1.82) is 0 Å². The van der Waals surface area contributed by atoms with Gasteiger partial charge in [-0.15, -0.1) is 0 Å². The number of rotatable bonds is 7. The Balaban J connectivity index is 1.69. The largest absolute Gasteiger partial charge is 0.507 e. The fourth-order valence-corrected chi connectivity index (χ4v) is 3.43. The quantitative estimate of drug-likeness (QED) is 0.384. The number of carbonyl (C=O) groups excluding carboxylic acids is 1. The number of ether oxygens (including phenoxy) is 1. The van der Waals surface area contributed by atoms with Gasteiger partial charge in [0.2, 0.25) is 5.88 Å². The van der Waals surface area contributed by atoms with Crippen LogP contribution in [-0.4, -0.2) is 39.6 Å². The Labute approximate surface area is 180 Å². The molecule has 0 unspecified atom stereocenters. The molecule has 2 heterocycles. The second-order valence-corrected chi connectivity index (χ2v) is 7.22. The molecule has 0 aliphatic carbocycles. The average Bonchev–Trinajstić information content (AvgIpc) is 3.22. The number of unbranched alkanes of at least 4 members (excludes halogenated alkanes) is 1. The van der Waals surface area contributed by atoms with E-state index in [0.717, 1.165) is 29.5 Å². The zero-order valence-electron chi connectivity index (χ0n) is 17.5. The monoisotopic (exact) mass is 416 g/mol. The molecule has 4 aromatic rings. The highest BCUT2D eigenvalue weighted by atomic mass is 16.5. The molecule has 1 amide bonds. The van der Waals surface area contributed by atoms with E-state index < -0.39 is 0 Å². The summed E-state index contributed by atoms with van der Waals surface area (Å²) in [5.41, 5.74) is 4.21. The third-order valence-electron chi connectivity index (χ3n) is 5.09. The number of aromatic hydroxyl groups is 1. The molecule has 0 aliphatic heterocycles. The average molecular weight is 416 g/mol. The van der Waals surface area contributed by atoms with Gasteiger partial charge >= 0.3 is 0 Å². The van der Waals surface area contributed by atoms with Gasteiger partial charge in [0, 0.05) is 23.9 Å². The zero-order chi connectivity index (χ0) is 21.8. The second-order valence-electron chi connectivity index (χ2n) is 7.22. The third kappa shape index (κ3) is 4.21. The van der Waals surface area contributed by atoms with Crippen molar-refractivity contribution in [2.45, 2.75) is 19.8 Å². The van der Waals surface area contributed by atoms with Gasteiger partial charge in [-0.3, -0.25) is 4.79 Å². The smallest absolute Gasteiger partial charge is 0.251 e. The number of carbonyl (C=O) groups is 1. The maximum absolute atomic E-state index is 12.4. The van der Waals surface area contributed by atoms with E-state index in [1.165, 1.54) is 0 Å². The Hall–Kier alpha value is -3.87. The Morgan fingerprint density at radius 3 is 2.84 bits per heavy atom. The van der Waals surface area contributed by atoms with Crippen molar-refractivity contribution in [2.75, 3.05) is 13.7 Å². The van der Waals surface area contributed by atoms with Crippen molar-refractivity contribution in [2.24, 2.45) is 0 Å². The number of amides is 1. The minimum atomic E-state index is -0.111. The molecule has 0 aliphatic rings. The van der Waals surface area contributed by atoms with E-state index in [0.29, 0.717) is 34.9 Å². The van der Waals surface area contributed by atoms with Gasteiger partial charge in [-0.05, 0) is 54.4 Å². The summed E-state index contributed by atoms with van der Waals surface area (Å²) in [6, 6.07) is 14.3. The molecule has 158 valence electrons. The molecule has 0 spiro atoms. The zero-order valence-corrected chi connectivity index (χ0v) is 17.5. The lowest BCUT2D eigenvalue weighted by Crippen LogP contribution is -2.24. The van der Waals surface area contributed by atoms with Crippen LogP contribution in [0.1, 0.15) is 30.1 Å². The molecule has 7 heteroatoms. The maximum Gasteiger partial charge on any atom is 0.251 e. The molecule has 0 fully saturated rings. The molecule has 2 aromatic carbocycles. The molecule has 0 radical (unpaired) electrons. The molecule has 31 heavy (non-hydrogen) atoms. The van der Waals surface area contributed by atoms with Gasteiger partial charge in [0.25, 0.3) is 5.91 Å². The molecule has 2 aromatic heterocycles. The van der Waals surface area contributed by atoms with Crippen LogP contribution < -0.4 is 10.1 Å². The van der Waals surface area contributed by atoms with Crippen LogP contribution in [-0.2, 0) is 0 Å². The SMILES string of the molecule is CCCCNC(=O)c1ccc2nc(-c3cc(-c4cccnc4OC)ccc3O)[nH]c2c1. The number of nitrogens with one attached hydrogen (secondary N) is 2. The van der Waals surface area contributed by atoms with Crippen molar-refractivity contribution in [1.82, 2.24) is 20.3 Å². The van der Waals surface area contributed by atoms with Crippen LogP contribution in [0.25, 0.3) is 33.5 Å². The molecule has 7 nitrogen and oxygen atoms in total. The molecular weight excluding hydrogens is 392 g/mol. The van der Waals surface area contributed by atoms with Crippen LogP contribution in [0.5, 0.6) is 11.6 Å². The van der Waals surface area contributed by atoms with E-state index in [2.05, 4.69) is 27.2 Å². The number of hydrogen-bond donors (Lipinski definition) is 3. The van der Waals surface area contributed by atoms with Gasteiger partial charge in [0.1, 0.15) is 11.6 Å². The first-order valence-electron chi connectivity index (χ1n) is 10.2. The third-order valence-corrected chi connectivity index (χ3v) is 5.09. The first-order valence-corrected chi connectivity index (χ1v) is 10.2. The summed E-state index contributed by atoms with van der Waals surface area (Å²) >= 11 is 0. The molecule has 0 saturated carbocycles. The normalized spacial score (nSPS) is 10.9. The number of aromatic amines is 1. The lowest BCUT2D eigenvalue weighted by atomic mass is 10.0. The Bertz CT molecular complexity index is 1230. The predicted octanol–water partition coefficient (Wildman–Crippen LogP) is 4.54. The molecule has 0 atom stereocenters. The molecule has 0 bridgehead atoms. The van der Waals surface area contributed by atoms with Crippen molar-refractivity contribution < 1.29 is 14.6 Å². The maximum atomic E-state index is 12.4. The Kier molecular flexibility index (Phi) is 5.84. The van der Waals surface area contributed by atoms with Crippen LogP contribution in [0.3, 0.4) is 0 Å². The van der Waals surface area contributed by atoms with Gasteiger partial charge in [-0.2, -0.15) is 0 Å². The number of H-pyrrole nitrogens is 1. The van der Waals surface area contributed by atoms with E-state index >= 15 is 0 Å². The summed E-state index contributed by atoms with van der Waals surface area (Å²) in [5, 5.41) is 13.4. The highest BCUT2D eigenvalue weighted by Crippen LogP contribution is 2.35. The molecule has 4 rings (SSSR count). The number of aromatic nitrogens is 3. The van der Waals surface area contributed by atoms with Gasteiger partial charge < -0.3 is 20.1 Å². The first kappa shape index (κ1) is 20.4. The highest BCUT2D eigenvalue weighted by Gasteiger charge is 2.15. The first-order chi connectivity index (χ1) is 15.1. The van der Waals surface area contributed by atoms with E-state index in [1.54, 1.807) is 43.6 Å². The summed E-state index contributed by atoms with van der Waals surface area (Å²) in [5.74, 6) is 1.01. The van der Waals surface area contributed by atoms with Gasteiger partial charge in [0.05, 0.1) is 23.7 Å². The number of methoxy groups -OCH3 is 1. The molecular formula is C24H24N4O3. The van der Waals surface area contributed by atoms with Crippen molar-refractivity contribution in [3.63, 3.8) is 0 Å². The highest BCUT2D eigenvalue weighted by molar-refractivity contribution is 5.97. The number of hydrogen-bond acceptors (Lipinski definition) is 5. The van der Waals surface area contributed by atoms with E-state index in [1.807, 2.05) is 18.2 Å². The summed E-state index contributed by atoms with van der Waals surface area (Å²) in [4.78, 5) is 24.4. The number of phenols is 1. The summed E-state index contributed by atoms with van der Waals surface area (Å²) in [7, 11) is 1.57. The number of nitrogens with zero attached hydrogens (tertiary/aromatic N) is 2. The van der Waals surface area contributed by atoms with Crippen molar-refractivity contribution >= 4 is 16.9 Å². The van der Waals surface area contributed by atoms with Crippen LogP contribution in [0.2, 0.25) is 0 Å². The Morgan fingerprint density at radius 1 is 1.16 bits per heavy atom. The topological polar surface area (TPSA) is 100 Å². The molecule has 0 saturated heterocycles. The number of phenolic OH excluding ortho intramolecular Hbond substituents is 1. The number of fused-ring (bicyclic) bond motifs is 1. The van der Waals surface area contributed by atoms with Gasteiger partial charge in [-0.25, -0.2) is 9.97 Å². The molecule has 3 N–H and O–H groups in total. The van der Waals surface area contributed by atoms with Gasteiger partial charge in [0.15, 0.2) is 0 Å². The predicted molar refractivity (Wildman–Crippen MR) is 120 cm³/mol. The number of pyridine rings is 1. The van der Waals surface area contributed by atoms with Crippen LogP contribution >= 0.6 is 0 Å². The minimum Gasteiger partial charge on any atom is -0.507 e. The lowest BCUT2D eigenvalue weighted by molar-refractivity contribution is 0.0953.